The summed E-state index contributed by atoms with van der Waals surface area (Å²) in [6, 6.07) is 4.92. The van der Waals surface area contributed by atoms with Crippen molar-refractivity contribution in [3.05, 3.63) is 39.7 Å². The van der Waals surface area contributed by atoms with Gasteiger partial charge >= 0.3 is 0 Å². The van der Waals surface area contributed by atoms with Gasteiger partial charge in [0.15, 0.2) is 5.82 Å². The Hall–Kier alpha value is -1.00. The Labute approximate surface area is 101 Å². The fourth-order valence-electron chi connectivity index (χ4n) is 1.76. The molecular weight excluding hydrogens is 273 g/mol. The molecule has 0 bridgehead atoms. The van der Waals surface area contributed by atoms with Gasteiger partial charge in [-0.3, -0.25) is 4.98 Å². The Morgan fingerprint density at radius 1 is 1.38 bits per heavy atom. The Morgan fingerprint density at radius 3 is 2.69 bits per heavy atom. The molecule has 0 radical (unpaired) electrons. The van der Waals surface area contributed by atoms with Crippen LogP contribution in [0, 0.1) is 12.7 Å². The summed E-state index contributed by atoms with van der Waals surface area (Å²) < 4.78 is 14.3. The third-order valence-electron chi connectivity index (χ3n) is 2.44. The first kappa shape index (κ1) is 11.5. The first-order valence-corrected chi connectivity index (χ1v) is 5.72. The molecule has 1 unspecified atom stereocenters. The van der Waals surface area contributed by atoms with Crippen molar-refractivity contribution >= 4 is 26.8 Å². The molecule has 0 aliphatic rings. The monoisotopic (exact) mass is 283 g/mol. The van der Waals surface area contributed by atoms with Gasteiger partial charge in [-0.05, 0) is 37.6 Å². The van der Waals surface area contributed by atoms with Crippen molar-refractivity contribution < 1.29 is 9.50 Å². The minimum atomic E-state index is -0.641. The van der Waals surface area contributed by atoms with Crippen molar-refractivity contribution in [2.75, 3.05) is 0 Å². The molecule has 0 aliphatic carbocycles. The Kier molecular flexibility index (Phi) is 2.95. The van der Waals surface area contributed by atoms with Crippen molar-refractivity contribution in [3.8, 4) is 0 Å². The van der Waals surface area contributed by atoms with Crippen molar-refractivity contribution in [1.29, 1.82) is 0 Å². The molecule has 1 heterocycles. The number of halogens is 2. The van der Waals surface area contributed by atoms with E-state index in [2.05, 4.69) is 20.9 Å². The van der Waals surface area contributed by atoms with E-state index in [1.54, 1.807) is 26.0 Å². The predicted octanol–water partition coefficient (Wildman–Crippen LogP) is 3.50. The van der Waals surface area contributed by atoms with Crippen molar-refractivity contribution in [1.82, 2.24) is 4.98 Å². The van der Waals surface area contributed by atoms with Crippen molar-refractivity contribution in [2.45, 2.75) is 20.0 Å². The SMILES string of the molecule is Cc1cc(C(C)O)c2cc(Br)cc(F)c2n1. The van der Waals surface area contributed by atoms with E-state index in [0.29, 0.717) is 26.6 Å². The van der Waals surface area contributed by atoms with E-state index >= 15 is 0 Å². The second kappa shape index (κ2) is 4.11. The number of fused-ring (bicyclic) bond motifs is 1. The summed E-state index contributed by atoms with van der Waals surface area (Å²) in [5.41, 5.74) is 1.70. The highest BCUT2D eigenvalue weighted by molar-refractivity contribution is 9.10. The smallest absolute Gasteiger partial charge is 0.150 e. The van der Waals surface area contributed by atoms with E-state index in [1.807, 2.05) is 0 Å². The second-order valence-electron chi connectivity index (χ2n) is 3.81. The molecule has 1 aromatic heterocycles. The molecule has 2 rings (SSSR count). The summed E-state index contributed by atoms with van der Waals surface area (Å²) in [5.74, 6) is -0.380. The Balaban J connectivity index is 2.89. The van der Waals surface area contributed by atoms with Gasteiger partial charge in [-0.15, -0.1) is 0 Å². The third-order valence-corrected chi connectivity index (χ3v) is 2.90. The minimum absolute atomic E-state index is 0.305. The van der Waals surface area contributed by atoms with Crippen molar-refractivity contribution in [2.24, 2.45) is 0 Å². The van der Waals surface area contributed by atoms with Crippen LogP contribution >= 0.6 is 15.9 Å². The molecule has 0 aliphatic heterocycles. The molecule has 2 nitrogen and oxygen atoms in total. The van der Waals surface area contributed by atoms with Gasteiger partial charge in [-0.1, -0.05) is 15.9 Å². The fraction of sp³-hybridized carbons (Fsp3) is 0.250. The number of rotatable bonds is 1. The molecule has 1 N–H and O–H groups in total. The zero-order chi connectivity index (χ0) is 11.9. The molecular formula is C12H11BrFNO. The lowest BCUT2D eigenvalue weighted by Crippen LogP contribution is -1.98. The summed E-state index contributed by atoms with van der Waals surface area (Å²) >= 11 is 3.24. The molecule has 2 aromatic rings. The van der Waals surface area contributed by atoms with E-state index in [-0.39, 0.29) is 5.82 Å². The number of aliphatic hydroxyl groups excluding tert-OH is 1. The van der Waals surface area contributed by atoms with Crippen LogP contribution in [-0.2, 0) is 0 Å². The van der Waals surface area contributed by atoms with Crippen LogP contribution < -0.4 is 0 Å². The normalized spacial score (nSPS) is 13.1. The number of nitrogens with zero attached hydrogens (tertiary/aromatic N) is 1. The molecule has 1 aromatic carbocycles. The average Bonchev–Trinajstić information content (AvgIpc) is 2.18. The van der Waals surface area contributed by atoms with Gasteiger partial charge in [0, 0.05) is 15.6 Å². The third kappa shape index (κ3) is 1.95. The molecule has 0 saturated carbocycles. The van der Waals surface area contributed by atoms with E-state index in [4.69, 9.17) is 0 Å². The van der Waals surface area contributed by atoms with Gasteiger partial charge in [-0.2, -0.15) is 0 Å². The maximum absolute atomic E-state index is 13.7. The van der Waals surface area contributed by atoms with Crippen LogP contribution in [0.25, 0.3) is 10.9 Å². The summed E-state index contributed by atoms with van der Waals surface area (Å²) in [6.07, 6.45) is -0.641. The Bertz CT molecular complexity index is 554. The lowest BCUT2D eigenvalue weighted by Gasteiger charge is -2.11. The van der Waals surface area contributed by atoms with Gasteiger partial charge in [0.1, 0.15) is 5.52 Å². The zero-order valence-electron chi connectivity index (χ0n) is 8.96. The van der Waals surface area contributed by atoms with Crippen LogP contribution in [0.1, 0.15) is 24.3 Å². The number of aryl methyl sites for hydroxylation is 1. The van der Waals surface area contributed by atoms with Crippen LogP contribution in [-0.4, -0.2) is 10.1 Å². The van der Waals surface area contributed by atoms with Crippen LogP contribution in [0.3, 0.4) is 0 Å². The highest BCUT2D eigenvalue weighted by Gasteiger charge is 2.12. The summed E-state index contributed by atoms with van der Waals surface area (Å²) in [5, 5.41) is 10.3. The number of aliphatic hydroxyl groups is 1. The van der Waals surface area contributed by atoms with E-state index in [9.17, 15) is 9.50 Å². The van der Waals surface area contributed by atoms with Gasteiger partial charge in [0.05, 0.1) is 6.10 Å². The number of hydrogen-bond donors (Lipinski definition) is 1. The van der Waals surface area contributed by atoms with Crippen molar-refractivity contribution in [3.63, 3.8) is 0 Å². The lowest BCUT2D eigenvalue weighted by atomic mass is 10.0. The first-order chi connectivity index (χ1) is 7.49. The molecule has 0 spiro atoms. The minimum Gasteiger partial charge on any atom is -0.389 e. The summed E-state index contributed by atoms with van der Waals surface area (Å²) in [6.45, 7) is 3.44. The lowest BCUT2D eigenvalue weighted by molar-refractivity contribution is 0.200. The number of pyridine rings is 1. The highest BCUT2D eigenvalue weighted by Crippen LogP contribution is 2.28. The van der Waals surface area contributed by atoms with E-state index in [1.165, 1.54) is 6.07 Å². The fourth-order valence-corrected chi connectivity index (χ4v) is 2.19. The van der Waals surface area contributed by atoms with Crippen LogP contribution in [0.15, 0.2) is 22.7 Å². The molecule has 1 atom stereocenters. The second-order valence-corrected chi connectivity index (χ2v) is 4.73. The summed E-state index contributed by atoms with van der Waals surface area (Å²) in [7, 11) is 0. The standard InChI is InChI=1S/C12H11BrFNO/c1-6-3-9(7(2)16)10-4-8(13)5-11(14)12(10)15-6/h3-5,7,16H,1-2H3. The Morgan fingerprint density at radius 2 is 2.06 bits per heavy atom. The van der Waals surface area contributed by atoms with E-state index < -0.39 is 6.10 Å². The van der Waals surface area contributed by atoms with Crippen LogP contribution in [0.5, 0.6) is 0 Å². The topological polar surface area (TPSA) is 33.1 Å². The maximum Gasteiger partial charge on any atom is 0.150 e. The van der Waals surface area contributed by atoms with Gasteiger partial charge < -0.3 is 5.11 Å². The molecule has 0 saturated heterocycles. The quantitative estimate of drug-likeness (QED) is 0.869. The van der Waals surface area contributed by atoms with Crippen LogP contribution in [0.2, 0.25) is 0 Å². The van der Waals surface area contributed by atoms with Gasteiger partial charge in [-0.25, -0.2) is 4.39 Å². The maximum atomic E-state index is 13.7. The van der Waals surface area contributed by atoms with E-state index in [0.717, 1.165) is 0 Å². The summed E-state index contributed by atoms with van der Waals surface area (Å²) in [4.78, 5) is 4.15. The largest absolute Gasteiger partial charge is 0.389 e. The van der Waals surface area contributed by atoms with Gasteiger partial charge in [0.2, 0.25) is 0 Å². The van der Waals surface area contributed by atoms with Gasteiger partial charge in [0.25, 0.3) is 0 Å². The number of aromatic nitrogens is 1. The highest BCUT2D eigenvalue weighted by atomic mass is 79.9. The molecule has 0 amide bonds. The predicted molar refractivity (Wildman–Crippen MR) is 64.8 cm³/mol. The number of benzene rings is 1. The zero-order valence-corrected chi connectivity index (χ0v) is 10.5. The first-order valence-electron chi connectivity index (χ1n) is 4.93. The molecule has 84 valence electrons. The average molecular weight is 284 g/mol. The molecule has 16 heavy (non-hydrogen) atoms. The molecule has 4 heteroatoms. The number of hydrogen-bond acceptors (Lipinski definition) is 2. The van der Waals surface area contributed by atoms with Crippen LogP contribution in [0.4, 0.5) is 4.39 Å². The molecule has 0 fully saturated rings.